The van der Waals surface area contributed by atoms with Crippen LogP contribution < -0.4 is 5.73 Å². The van der Waals surface area contributed by atoms with E-state index in [1.54, 1.807) is 0 Å². The smallest absolute Gasteiger partial charge is 0.347 e. The average molecular weight is 282 g/mol. The third kappa shape index (κ3) is 5.01. The quantitative estimate of drug-likeness (QED) is 0.806. The molecule has 1 rings (SSSR count). The third-order valence-corrected chi connectivity index (χ3v) is 2.84. The summed E-state index contributed by atoms with van der Waals surface area (Å²) in [4.78, 5) is 23.3. The lowest BCUT2D eigenvalue weighted by atomic mass is 10.1. The Hall–Kier alpha value is -1.88. The van der Waals surface area contributed by atoms with E-state index in [1.807, 2.05) is 44.2 Å². The number of benzene rings is 1. The van der Waals surface area contributed by atoms with Crippen LogP contribution in [0.15, 0.2) is 30.3 Å². The summed E-state index contributed by atoms with van der Waals surface area (Å²) >= 11 is 0. The maximum Gasteiger partial charge on any atom is 0.347 e. The molecule has 0 radical (unpaired) electrons. The highest BCUT2D eigenvalue weighted by molar-refractivity contribution is 5.81. The number of hydrogen-bond acceptors (Lipinski definition) is 5. The van der Waals surface area contributed by atoms with Gasteiger partial charge in [0, 0.05) is 1.43 Å². The van der Waals surface area contributed by atoms with Crippen LogP contribution in [0.5, 0.6) is 0 Å². The van der Waals surface area contributed by atoms with Crippen LogP contribution in [0.4, 0.5) is 0 Å². The van der Waals surface area contributed by atoms with Gasteiger partial charge in [0.15, 0.2) is 6.10 Å². The fourth-order valence-corrected chi connectivity index (χ4v) is 1.42. The number of esters is 2. The molecule has 0 heterocycles. The summed E-state index contributed by atoms with van der Waals surface area (Å²) in [5, 5.41) is 0. The van der Waals surface area contributed by atoms with Gasteiger partial charge in [0.05, 0.1) is 0 Å². The number of hydrogen-bond donors (Lipinski definition) is 1. The Balaban J connectivity index is 0.00000400. The Bertz CT molecular complexity index is 450. The minimum absolute atomic E-state index is 0. The SMILES string of the molecule is CC(OC(=O)C(N)C(C)C)C(=O)OCc1ccccc1.[2HH]. The van der Waals surface area contributed by atoms with Gasteiger partial charge in [-0.2, -0.15) is 0 Å². The minimum Gasteiger partial charge on any atom is -0.458 e. The van der Waals surface area contributed by atoms with Crippen molar-refractivity contribution >= 4 is 11.9 Å². The molecule has 0 saturated carbocycles. The van der Waals surface area contributed by atoms with Gasteiger partial charge < -0.3 is 15.2 Å². The zero-order valence-electron chi connectivity index (χ0n) is 12.0. The average Bonchev–Trinajstić information content (AvgIpc) is 2.44. The van der Waals surface area contributed by atoms with Crippen LogP contribution in [0.3, 0.4) is 0 Å². The van der Waals surface area contributed by atoms with Gasteiger partial charge in [-0.25, -0.2) is 4.79 Å². The fourth-order valence-electron chi connectivity index (χ4n) is 1.42. The maximum absolute atomic E-state index is 11.7. The molecular formula is C15H23NO4. The zero-order valence-corrected chi connectivity index (χ0v) is 12.0. The molecular weight excluding hydrogens is 258 g/mol. The van der Waals surface area contributed by atoms with E-state index in [0.29, 0.717) is 0 Å². The molecule has 112 valence electrons. The summed E-state index contributed by atoms with van der Waals surface area (Å²) < 4.78 is 10.1. The van der Waals surface area contributed by atoms with E-state index in [2.05, 4.69) is 0 Å². The number of nitrogens with two attached hydrogens (primary N) is 1. The predicted molar refractivity (Wildman–Crippen MR) is 76.7 cm³/mol. The van der Waals surface area contributed by atoms with Crippen LogP contribution in [0, 0.1) is 5.92 Å². The molecule has 0 saturated heterocycles. The first-order valence-corrected chi connectivity index (χ1v) is 6.58. The molecule has 2 N–H and O–H groups in total. The van der Waals surface area contributed by atoms with Crippen LogP contribution in [0.25, 0.3) is 0 Å². The molecule has 5 heteroatoms. The van der Waals surface area contributed by atoms with E-state index in [9.17, 15) is 9.59 Å². The van der Waals surface area contributed by atoms with Crippen molar-refractivity contribution in [3.8, 4) is 0 Å². The van der Waals surface area contributed by atoms with Crippen molar-refractivity contribution in [3.63, 3.8) is 0 Å². The summed E-state index contributed by atoms with van der Waals surface area (Å²) in [5.74, 6) is -1.22. The monoisotopic (exact) mass is 282 g/mol. The molecule has 0 bridgehead atoms. The Morgan fingerprint density at radius 2 is 1.75 bits per heavy atom. The standard InChI is InChI=1S/C15H21NO4.H2/c1-10(2)13(16)15(18)20-11(3)14(17)19-9-12-7-5-4-6-8-12;/h4-8,10-11,13H,9,16H2,1-3H3;1H/i;1+1. The van der Waals surface area contributed by atoms with Crippen LogP contribution in [-0.4, -0.2) is 24.1 Å². The third-order valence-electron chi connectivity index (χ3n) is 2.84. The molecule has 1 aromatic rings. The molecule has 0 spiro atoms. The van der Waals surface area contributed by atoms with Gasteiger partial charge in [-0.15, -0.1) is 0 Å². The Kier molecular flexibility index (Phi) is 6.18. The van der Waals surface area contributed by atoms with E-state index in [-0.39, 0.29) is 14.0 Å². The van der Waals surface area contributed by atoms with Crippen molar-refractivity contribution < 1.29 is 20.5 Å². The first kappa shape index (κ1) is 16.2. The second-order valence-electron chi connectivity index (χ2n) is 4.94. The lowest BCUT2D eigenvalue weighted by Crippen LogP contribution is -2.40. The highest BCUT2D eigenvalue weighted by Gasteiger charge is 2.25. The van der Waals surface area contributed by atoms with Crippen molar-refractivity contribution in [2.75, 3.05) is 0 Å². The number of carbonyl (C=O) groups is 2. The van der Waals surface area contributed by atoms with E-state index in [0.717, 1.165) is 5.56 Å². The minimum atomic E-state index is -0.962. The number of rotatable bonds is 6. The summed E-state index contributed by atoms with van der Waals surface area (Å²) in [6, 6.07) is 8.54. The largest absolute Gasteiger partial charge is 0.458 e. The fraction of sp³-hybridized carbons (Fsp3) is 0.467. The highest BCUT2D eigenvalue weighted by atomic mass is 16.6. The molecule has 0 aliphatic rings. The van der Waals surface area contributed by atoms with Crippen LogP contribution in [-0.2, 0) is 25.7 Å². The van der Waals surface area contributed by atoms with E-state index < -0.39 is 24.1 Å². The molecule has 0 amide bonds. The molecule has 2 unspecified atom stereocenters. The van der Waals surface area contributed by atoms with Crippen molar-refractivity contribution in [2.24, 2.45) is 11.7 Å². The second kappa shape index (κ2) is 7.65. The lowest BCUT2D eigenvalue weighted by Gasteiger charge is -2.18. The molecule has 5 nitrogen and oxygen atoms in total. The highest BCUT2D eigenvalue weighted by Crippen LogP contribution is 2.06. The first-order valence-electron chi connectivity index (χ1n) is 6.58. The van der Waals surface area contributed by atoms with Crippen molar-refractivity contribution in [1.29, 1.82) is 0 Å². The van der Waals surface area contributed by atoms with Crippen molar-refractivity contribution in [1.82, 2.24) is 0 Å². The van der Waals surface area contributed by atoms with Crippen molar-refractivity contribution in [2.45, 2.75) is 39.5 Å². The normalized spacial score (nSPS) is 13.7. The molecule has 1 aromatic carbocycles. The topological polar surface area (TPSA) is 78.6 Å². The van der Waals surface area contributed by atoms with Crippen molar-refractivity contribution in [3.05, 3.63) is 35.9 Å². The summed E-state index contributed by atoms with van der Waals surface area (Å²) in [6.07, 6.45) is -0.962. The number of carbonyl (C=O) groups excluding carboxylic acids is 2. The van der Waals surface area contributed by atoms with Gasteiger partial charge in [-0.3, -0.25) is 4.79 Å². The van der Waals surface area contributed by atoms with Gasteiger partial charge in [0.2, 0.25) is 0 Å². The molecule has 0 aliphatic carbocycles. The van der Waals surface area contributed by atoms with Crippen LogP contribution in [0.1, 0.15) is 27.8 Å². The van der Waals surface area contributed by atoms with Crippen LogP contribution >= 0.6 is 0 Å². The van der Waals surface area contributed by atoms with E-state index in [4.69, 9.17) is 15.2 Å². The van der Waals surface area contributed by atoms with E-state index in [1.165, 1.54) is 6.92 Å². The van der Waals surface area contributed by atoms with Crippen LogP contribution in [0.2, 0.25) is 0 Å². The predicted octanol–water partition coefficient (Wildman–Crippen LogP) is 1.89. The molecule has 20 heavy (non-hydrogen) atoms. The van der Waals surface area contributed by atoms with Gasteiger partial charge in [-0.1, -0.05) is 44.2 Å². The van der Waals surface area contributed by atoms with Gasteiger partial charge in [-0.05, 0) is 18.4 Å². The Labute approximate surface area is 120 Å². The Morgan fingerprint density at radius 1 is 1.15 bits per heavy atom. The van der Waals surface area contributed by atoms with Gasteiger partial charge in [0.1, 0.15) is 12.6 Å². The lowest BCUT2D eigenvalue weighted by molar-refractivity contribution is -0.168. The molecule has 0 aromatic heterocycles. The second-order valence-corrected chi connectivity index (χ2v) is 4.94. The zero-order chi connectivity index (χ0) is 15.1. The molecule has 0 aliphatic heterocycles. The summed E-state index contributed by atoms with van der Waals surface area (Å²) in [7, 11) is 0. The number of ether oxygens (including phenoxy) is 2. The van der Waals surface area contributed by atoms with Gasteiger partial charge >= 0.3 is 11.9 Å². The summed E-state index contributed by atoms with van der Waals surface area (Å²) in [5.41, 5.74) is 6.52. The molecule has 2 atom stereocenters. The Morgan fingerprint density at radius 3 is 2.30 bits per heavy atom. The van der Waals surface area contributed by atoms with Gasteiger partial charge in [0.25, 0.3) is 0 Å². The first-order chi connectivity index (χ1) is 9.41. The summed E-state index contributed by atoms with van der Waals surface area (Å²) in [6.45, 7) is 5.24. The maximum atomic E-state index is 11.7. The molecule has 0 fully saturated rings. The van der Waals surface area contributed by atoms with E-state index >= 15 is 0 Å².